The number of nitrogen functional groups attached to an aromatic ring is 1. The summed E-state index contributed by atoms with van der Waals surface area (Å²) in [5, 5.41) is 27.3. The Bertz CT molecular complexity index is 1510. The molecule has 2 amide bonds. The molecule has 1 unspecified atom stereocenters. The summed E-state index contributed by atoms with van der Waals surface area (Å²) in [6.45, 7) is 0. The van der Waals surface area contributed by atoms with Crippen molar-refractivity contribution >= 4 is 63.7 Å². The number of anilines is 1. The summed E-state index contributed by atoms with van der Waals surface area (Å²) in [6.07, 6.45) is 0. The summed E-state index contributed by atoms with van der Waals surface area (Å²) in [7, 11) is 1.66. The van der Waals surface area contributed by atoms with Crippen molar-refractivity contribution in [1.82, 2.24) is 39.8 Å². The number of β-lactam (4-membered cyclic amide) rings is 1. The second-order valence-electron chi connectivity index (χ2n) is 7.93. The summed E-state index contributed by atoms with van der Waals surface area (Å²) < 4.78 is 18.6. The van der Waals surface area contributed by atoms with Crippen molar-refractivity contribution in [1.29, 1.82) is 0 Å². The molecule has 39 heavy (non-hydrogen) atoms. The molecule has 2 aliphatic heterocycles. The zero-order valence-corrected chi connectivity index (χ0v) is 22.2. The van der Waals surface area contributed by atoms with E-state index in [4.69, 9.17) is 10.6 Å². The standard InChI is InChI=1S/C20H17FN10O5S3/c1-30-20(25-28-29-30)38-7-8-6-37-17-12(16(33)31(17)13(8)18(34)35)23-15(32)11(14-24-19(22)39-27-14)26-36-10-4-2-9(21)3-5-10/h2-5,12,17H,6-7H2,1H3,(H,23,32)(H,34,35)(H2,22,24,27)/t12?,17-/m1/s1. The van der Waals surface area contributed by atoms with E-state index in [0.29, 0.717) is 16.5 Å². The third-order valence-electron chi connectivity index (χ3n) is 5.42. The largest absolute Gasteiger partial charge is 0.477 e. The molecule has 4 heterocycles. The van der Waals surface area contributed by atoms with Gasteiger partial charge >= 0.3 is 5.97 Å². The molecule has 1 saturated heterocycles. The van der Waals surface area contributed by atoms with Crippen molar-refractivity contribution in [2.24, 2.45) is 12.2 Å². The molecular formula is C20H17FN10O5S3. The molecule has 0 radical (unpaired) electrons. The highest BCUT2D eigenvalue weighted by atomic mass is 32.2. The summed E-state index contributed by atoms with van der Waals surface area (Å²) in [6, 6.07) is 3.87. The number of oxime groups is 1. The van der Waals surface area contributed by atoms with Gasteiger partial charge in [0, 0.05) is 30.1 Å². The van der Waals surface area contributed by atoms with Gasteiger partial charge in [-0.05, 0) is 40.3 Å². The van der Waals surface area contributed by atoms with E-state index in [1.165, 1.54) is 40.3 Å². The zero-order valence-electron chi connectivity index (χ0n) is 19.7. The number of carbonyl (C=O) groups is 3. The third kappa shape index (κ3) is 5.40. The average Bonchev–Trinajstić information content (AvgIpc) is 3.53. The Labute approximate surface area is 230 Å². The van der Waals surface area contributed by atoms with E-state index in [1.807, 2.05) is 0 Å². The number of carboxylic acid groups (broad SMARTS) is 1. The normalized spacial score (nSPS) is 19.0. The molecule has 0 bridgehead atoms. The van der Waals surface area contributed by atoms with Crippen LogP contribution in [-0.2, 0) is 21.4 Å². The van der Waals surface area contributed by atoms with Gasteiger partial charge in [-0.3, -0.25) is 14.5 Å². The van der Waals surface area contributed by atoms with Crippen LogP contribution in [0.4, 0.5) is 9.52 Å². The third-order valence-corrected chi connectivity index (χ3v) is 8.40. The summed E-state index contributed by atoms with van der Waals surface area (Å²) >= 11 is 3.37. The Morgan fingerprint density at radius 3 is 2.77 bits per heavy atom. The smallest absolute Gasteiger partial charge is 0.352 e. The van der Waals surface area contributed by atoms with E-state index in [2.05, 4.69) is 35.4 Å². The number of hydrogen-bond acceptors (Lipinski definition) is 14. The first-order valence-electron chi connectivity index (χ1n) is 10.9. The number of nitrogens with two attached hydrogens (primary N) is 1. The first-order valence-corrected chi connectivity index (χ1v) is 13.7. The Morgan fingerprint density at radius 1 is 1.36 bits per heavy atom. The number of fused-ring (bicyclic) bond motifs is 1. The van der Waals surface area contributed by atoms with Crippen LogP contribution in [0.5, 0.6) is 5.75 Å². The molecule has 5 rings (SSSR count). The Morgan fingerprint density at radius 2 is 2.13 bits per heavy atom. The molecule has 0 saturated carbocycles. The minimum Gasteiger partial charge on any atom is -0.477 e. The van der Waals surface area contributed by atoms with E-state index >= 15 is 0 Å². The van der Waals surface area contributed by atoms with E-state index < -0.39 is 35.0 Å². The lowest BCUT2D eigenvalue weighted by atomic mass is 10.0. The van der Waals surface area contributed by atoms with Crippen LogP contribution in [0.2, 0.25) is 0 Å². The number of hydrogen-bond donors (Lipinski definition) is 3. The molecular weight excluding hydrogens is 575 g/mol. The fraction of sp³-hybridized carbons (Fsp3) is 0.250. The highest BCUT2D eigenvalue weighted by Gasteiger charge is 2.54. The molecule has 0 aliphatic carbocycles. The highest BCUT2D eigenvalue weighted by molar-refractivity contribution is 8.01. The predicted octanol–water partition coefficient (Wildman–Crippen LogP) is 0.0969. The van der Waals surface area contributed by atoms with Crippen molar-refractivity contribution in [3.8, 4) is 5.75 Å². The number of rotatable bonds is 9. The van der Waals surface area contributed by atoms with Gasteiger partial charge in [0.2, 0.25) is 16.7 Å². The lowest BCUT2D eigenvalue weighted by Crippen LogP contribution is -2.71. The molecule has 2 aliphatic rings. The van der Waals surface area contributed by atoms with Gasteiger partial charge in [-0.2, -0.15) is 9.36 Å². The van der Waals surface area contributed by atoms with Crippen LogP contribution in [0.3, 0.4) is 0 Å². The predicted molar refractivity (Wildman–Crippen MR) is 137 cm³/mol. The summed E-state index contributed by atoms with van der Waals surface area (Å²) in [5.74, 6) is -2.64. The number of amides is 2. The van der Waals surface area contributed by atoms with Crippen LogP contribution >= 0.6 is 35.1 Å². The number of carboxylic acids is 1. The number of nitrogens with one attached hydrogen (secondary N) is 1. The van der Waals surface area contributed by atoms with Crippen molar-refractivity contribution in [3.05, 3.63) is 47.2 Å². The second kappa shape index (κ2) is 10.9. The molecule has 15 nitrogen and oxygen atoms in total. The molecule has 0 spiro atoms. The van der Waals surface area contributed by atoms with Crippen molar-refractivity contribution in [3.63, 3.8) is 0 Å². The summed E-state index contributed by atoms with van der Waals surface area (Å²) in [5.41, 5.74) is 5.65. The number of thioether (sulfide) groups is 2. The van der Waals surface area contributed by atoms with Gasteiger partial charge in [0.05, 0.1) is 0 Å². The topological polar surface area (TPSA) is 204 Å². The molecule has 1 aromatic carbocycles. The van der Waals surface area contributed by atoms with E-state index in [-0.39, 0.29) is 33.9 Å². The minimum absolute atomic E-state index is 0.0692. The first-order chi connectivity index (χ1) is 18.7. The number of benzene rings is 1. The summed E-state index contributed by atoms with van der Waals surface area (Å²) in [4.78, 5) is 48.7. The fourth-order valence-corrected chi connectivity index (χ4v) is 6.38. The van der Waals surface area contributed by atoms with Gasteiger partial charge in [0.1, 0.15) is 22.9 Å². The van der Waals surface area contributed by atoms with Crippen molar-refractivity contribution in [2.75, 3.05) is 17.2 Å². The van der Waals surface area contributed by atoms with Gasteiger partial charge < -0.3 is 21.0 Å². The highest BCUT2D eigenvalue weighted by Crippen LogP contribution is 2.41. The van der Waals surface area contributed by atoms with Gasteiger partial charge in [0.15, 0.2) is 10.9 Å². The van der Waals surface area contributed by atoms with Gasteiger partial charge in [-0.1, -0.05) is 16.9 Å². The lowest BCUT2D eigenvalue weighted by Gasteiger charge is -2.49. The molecule has 202 valence electrons. The molecule has 1 fully saturated rings. The van der Waals surface area contributed by atoms with E-state index in [0.717, 1.165) is 28.6 Å². The maximum atomic E-state index is 13.2. The van der Waals surface area contributed by atoms with Gasteiger partial charge in [-0.15, -0.1) is 16.9 Å². The molecule has 2 atom stereocenters. The lowest BCUT2D eigenvalue weighted by molar-refractivity contribution is -0.150. The number of aryl methyl sites for hydroxylation is 1. The second-order valence-corrected chi connectivity index (χ2v) is 10.8. The monoisotopic (exact) mass is 592 g/mol. The first kappa shape index (κ1) is 26.5. The number of aromatic nitrogens is 6. The average molecular weight is 593 g/mol. The van der Waals surface area contributed by atoms with Crippen LogP contribution < -0.4 is 15.9 Å². The Hall–Kier alpha value is -4.10. The number of halogens is 1. The molecule has 3 aromatic rings. The maximum Gasteiger partial charge on any atom is 0.352 e. The van der Waals surface area contributed by atoms with Gasteiger partial charge in [-0.25, -0.2) is 13.9 Å². The van der Waals surface area contributed by atoms with Crippen LogP contribution in [0.15, 0.2) is 45.8 Å². The van der Waals surface area contributed by atoms with Crippen LogP contribution in [0.1, 0.15) is 5.82 Å². The SMILES string of the molecule is Cn1nnnc1SCC1=C(C(=O)O)N2C(=O)C(NC(=O)C(=NOc3ccc(F)cc3)c3nsc(N)n3)[C@H]2SC1. The van der Waals surface area contributed by atoms with Crippen LogP contribution in [0, 0.1) is 5.82 Å². The number of aliphatic carboxylic acids is 1. The maximum absolute atomic E-state index is 13.2. The van der Waals surface area contributed by atoms with Crippen molar-refractivity contribution in [2.45, 2.75) is 16.6 Å². The van der Waals surface area contributed by atoms with Crippen LogP contribution in [-0.4, -0.2) is 86.0 Å². The number of tetrazole rings is 1. The fourth-order valence-electron chi connectivity index (χ4n) is 3.61. The minimum atomic E-state index is -1.26. The number of carbonyl (C=O) groups excluding carboxylic acids is 2. The zero-order chi connectivity index (χ0) is 27.7. The number of nitrogens with zero attached hydrogens (tertiary/aromatic N) is 8. The van der Waals surface area contributed by atoms with E-state index in [1.54, 1.807) is 7.05 Å². The quantitative estimate of drug-likeness (QED) is 0.131. The van der Waals surface area contributed by atoms with Gasteiger partial charge in [0.25, 0.3) is 11.8 Å². The molecule has 19 heteroatoms. The Balaban J connectivity index is 1.32. The van der Waals surface area contributed by atoms with Crippen molar-refractivity contribution < 1.29 is 28.7 Å². The Kier molecular flexibility index (Phi) is 7.44. The molecule has 2 aromatic heterocycles. The van der Waals surface area contributed by atoms with Crippen LogP contribution in [0.25, 0.3) is 0 Å². The van der Waals surface area contributed by atoms with E-state index in [9.17, 15) is 23.9 Å². The molecule has 4 N–H and O–H groups in total.